The van der Waals surface area contributed by atoms with Crippen LogP contribution in [0, 0.1) is 13.8 Å². The molecule has 0 radical (unpaired) electrons. The molecule has 1 unspecified atom stereocenters. The van der Waals surface area contributed by atoms with Crippen LogP contribution in [0.15, 0.2) is 23.6 Å². The predicted octanol–water partition coefficient (Wildman–Crippen LogP) is 2.82. The van der Waals surface area contributed by atoms with Gasteiger partial charge in [-0.2, -0.15) is 0 Å². The van der Waals surface area contributed by atoms with Gasteiger partial charge < -0.3 is 10.5 Å². The van der Waals surface area contributed by atoms with Gasteiger partial charge >= 0.3 is 0 Å². The number of ether oxygens (including phenoxy) is 1. The van der Waals surface area contributed by atoms with Gasteiger partial charge in [-0.15, -0.1) is 11.3 Å². The first-order chi connectivity index (χ1) is 8.11. The fourth-order valence-electron chi connectivity index (χ4n) is 1.75. The second-order valence-electron chi connectivity index (χ2n) is 4.03. The lowest BCUT2D eigenvalue weighted by Gasteiger charge is -2.12. The van der Waals surface area contributed by atoms with Crippen molar-refractivity contribution in [2.24, 2.45) is 5.73 Å². The molecule has 0 saturated heterocycles. The highest BCUT2D eigenvalue weighted by atomic mass is 32.1. The first-order valence-corrected chi connectivity index (χ1v) is 6.32. The summed E-state index contributed by atoms with van der Waals surface area (Å²) in [5.74, 6) is 0.885. The van der Waals surface area contributed by atoms with E-state index < -0.39 is 0 Å². The van der Waals surface area contributed by atoms with E-state index in [2.05, 4.69) is 11.1 Å². The smallest absolute Gasteiger partial charge is 0.121 e. The van der Waals surface area contributed by atoms with Crippen molar-refractivity contribution in [1.29, 1.82) is 0 Å². The molecule has 1 aromatic carbocycles. The quantitative estimate of drug-likeness (QED) is 0.908. The average molecular weight is 248 g/mol. The highest BCUT2D eigenvalue weighted by Gasteiger charge is 2.13. The number of hydrogen-bond acceptors (Lipinski definition) is 4. The molecule has 2 aromatic rings. The Morgan fingerprint density at radius 3 is 2.65 bits per heavy atom. The minimum atomic E-state index is -0.154. The van der Waals surface area contributed by atoms with Crippen LogP contribution in [0.25, 0.3) is 0 Å². The van der Waals surface area contributed by atoms with Crippen LogP contribution in [0.3, 0.4) is 0 Å². The van der Waals surface area contributed by atoms with Crippen LogP contribution in [-0.4, -0.2) is 12.1 Å². The van der Waals surface area contributed by atoms with E-state index >= 15 is 0 Å². The van der Waals surface area contributed by atoms with E-state index in [1.54, 1.807) is 18.4 Å². The van der Waals surface area contributed by atoms with E-state index in [1.807, 2.05) is 31.4 Å². The Morgan fingerprint density at radius 2 is 2.12 bits per heavy atom. The fraction of sp³-hybridized carbons (Fsp3) is 0.308. The molecule has 0 aliphatic carbocycles. The largest absolute Gasteiger partial charge is 0.496 e. The minimum Gasteiger partial charge on any atom is -0.496 e. The Hall–Kier alpha value is -1.39. The topological polar surface area (TPSA) is 48.1 Å². The molecule has 0 fully saturated rings. The summed E-state index contributed by atoms with van der Waals surface area (Å²) in [6, 6.07) is 5.84. The molecular formula is C13H16N2OS. The van der Waals surface area contributed by atoms with Crippen molar-refractivity contribution >= 4 is 11.3 Å². The van der Waals surface area contributed by atoms with Gasteiger partial charge in [0.15, 0.2) is 0 Å². The standard InChI is InChI=1S/C13H16N2OS/c1-8-6-10(4-5-11(8)16-3)12(14)13-15-9(2)7-17-13/h4-7,12H,14H2,1-3H3. The minimum absolute atomic E-state index is 0.154. The van der Waals surface area contributed by atoms with Crippen LogP contribution in [0.2, 0.25) is 0 Å². The maximum atomic E-state index is 6.20. The van der Waals surface area contributed by atoms with Crippen LogP contribution < -0.4 is 10.5 Å². The lowest BCUT2D eigenvalue weighted by molar-refractivity contribution is 0.411. The van der Waals surface area contributed by atoms with Crippen LogP contribution in [-0.2, 0) is 0 Å². The number of hydrogen-bond donors (Lipinski definition) is 1. The maximum absolute atomic E-state index is 6.20. The highest BCUT2D eigenvalue weighted by Crippen LogP contribution is 2.26. The Labute approximate surface area is 105 Å². The number of benzene rings is 1. The van der Waals surface area contributed by atoms with Gasteiger partial charge in [-0.05, 0) is 31.0 Å². The molecule has 0 amide bonds. The van der Waals surface area contributed by atoms with E-state index in [9.17, 15) is 0 Å². The fourth-order valence-corrected chi connectivity index (χ4v) is 2.58. The first kappa shape index (κ1) is 12.1. The van der Waals surface area contributed by atoms with E-state index in [0.29, 0.717) is 0 Å². The molecule has 1 heterocycles. The van der Waals surface area contributed by atoms with Crippen LogP contribution in [0.4, 0.5) is 0 Å². The summed E-state index contributed by atoms with van der Waals surface area (Å²) in [5.41, 5.74) is 9.37. The molecule has 0 spiro atoms. The highest BCUT2D eigenvalue weighted by molar-refractivity contribution is 7.09. The van der Waals surface area contributed by atoms with Gasteiger partial charge in [0.1, 0.15) is 10.8 Å². The van der Waals surface area contributed by atoms with Crippen molar-refractivity contribution in [2.45, 2.75) is 19.9 Å². The number of aromatic nitrogens is 1. The van der Waals surface area contributed by atoms with Crippen molar-refractivity contribution in [2.75, 3.05) is 7.11 Å². The van der Waals surface area contributed by atoms with Crippen molar-refractivity contribution in [1.82, 2.24) is 4.98 Å². The molecule has 4 heteroatoms. The number of methoxy groups -OCH3 is 1. The summed E-state index contributed by atoms with van der Waals surface area (Å²) in [4.78, 5) is 4.42. The lowest BCUT2D eigenvalue weighted by atomic mass is 10.0. The van der Waals surface area contributed by atoms with E-state index in [1.165, 1.54) is 0 Å². The summed E-state index contributed by atoms with van der Waals surface area (Å²) in [7, 11) is 1.67. The number of thiazole rings is 1. The summed E-state index contributed by atoms with van der Waals surface area (Å²) in [5, 5.41) is 2.97. The van der Waals surface area contributed by atoms with Crippen molar-refractivity contribution in [3.05, 3.63) is 45.4 Å². The zero-order chi connectivity index (χ0) is 12.4. The van der Waals surface area contributed by atoms with Crippen molar-refractivity contribution in [3.63, 3.8) is 0 Å². The summed E-state index contributed by atoms with van der Waals surface area (Å²) < 4.78 is 5.24. The van der Waals surface area contributed by atoms with Gasteiger partial charge in [0.05, 0.1) is 13.2 Å². The first-order valence-electron chi connectivity index (χ1n) is 5.44. The number of aryl methyl sites for hydroxylation is 2. The molecule has 17 heavy (non-hydrogen) atoms. The van der Waals surface area contributed by atoms with Crippen molar-refractivity contribution in [3.8, 4) is 5.75 Å². The Bertz CT molecular complexity index is 522. The molecule has 1 aromatic heterocycles. The molecule has 2 rings (SSSR count). The van der Waals surface area contributed by atoms with Gasteiger partial charge in [-0.1, -0.05) is 12.1 Å². The van der Waals surface area contributed by atoms with Crippen LogP contribution in [0.1, 0.15) is 27.9 Å². The number of rotatable bonds is 3. The van der Waals surface area contributed by atoms with Gasteiger partial charge in [0, 0.05) is 11.1 Å². The van der Waals surface area contributed by atoms with E-state index in [-0.39, 0.29) is 6.04 Å². The summed E-state index contributed by atoms with van der Waals surface area (Å²) in [6.07, 6.45) is 0. The Kier molecular flexibility index (Phi) is 3.45. The molecule has 0 bridgehead atoms. The van der Waals surface area contributed by atoms with E-state index in [4.69, 9.17) is 10.5 Å². The third-order valence-corrected chi connectivity index (χ3v) is 3.73. The molecule has 2 N–H and O–H groups in total. The van der Waals surface area contributed by atoms with Crippen LogP contribution >= 0.6 is 11.3 Å². The normalized spacial score (nSPS) is 12.5. The lowest BCUT2D eigenvalue weighted by Crippen LogP contribution is -2.11. The number of nitrogens with zero attached hydrogens (tertiary/aromatic N) is 1. The molecule has 0 saturated carbocycles. The predicted molar refractivity (Wildman–Crippen MR) is 70.6 cm³/mol. The van der Waals surface area contributed by atoms with Gasteiger partial charge in [0.25, 0.3) is 0 Å². The van der Waals surface area contributed by atoms with Crippen LogP contribution in [0.5, 0.6) is 5.75 Å². The summed E-state index contributed by atoms with van der Waals surface area (Å²) in [6.45, 7) is 3.99. The zero-order valence-corrected chi connectivity index (χ0v) is 11.0. The molecular weight excluding hydrogens is 232 g/mol. The monoisotopic (exact) mass is 248 g/mol. The summed E-state index contributed by atoms with van der Waals surface area (Å²) >= 11 is 1.60. The number of nitrogens with two attached hydrogens (primary N) is 1. The molecule has 0 aliphatic rings. The second kappa shape index (κ2) is 4.85. The average Bonchev–Trinajstić information content (AvgIpc) is 2.75. The third kappa shape index (κ3) is 2.48. The Balaban J connectivity index is 2.31. The van der Waals surface area contributed by atoms with Crippen molar-refractivity contribution < 1.29 is 4.74 Å². The third-order valence-electron chi connectivity index (χ3n) is 2.68. The molecule has 1 atom stereocenters. The maximum Gasteiger partial charge on any atom is 0.121 e. The van der Waals surface area contributed by atoms with Gasteiger partial charge in [0.2, 0.25) is 0 Å². The molecule has 3 nitrogen and oxygen atoms in total. The van der Waals surface area contributed by atoms with E-state index in [0.717, 1.165) is 27.6 Å². The molecule has 0 aliphatic heterocycles. The zero-order valence-electron chi connectivity index (χ0n) is 10.2. The second-order valence-corrected chi connectivity index (χ2v) is 4.92. The van der Waals surface area contributed by atoms with Gasteiger partial charge in [-0.3, -0.25) is 0 Å². The SMILES string of the molecule is COc1ccc(C(N)c2nc(C)cs2)cc1C. The molecule has 90 valence electrons. The Morgan fingerprint density at radius 1 is 1.35 bits per heavy atom. The van der Waals surface area contributed by atoms with Gasteiger partial charge in [-0.25, -0.2) is 4.98 Å².